The number of aromatic carboxylic acids is 1. The number of nitrogens with one attached hydrogen (secondary N) is 1. The quantitative estimate of drug-likeness (QED) is 0.635. The Morgan fingerprint density at radius 1 is 1.62 bits per heavy atom. The summed E-state index contributed by atoms with van der Waals surface area (Å²) in [6, 6.07) is 2.86. The maximum atomic E-state index is 10.7. The van der Waals surface area contributed by atoms with E-state index in [1.165, 1.54) is 12.1 Å². The van der Waals surface area contributed by atoms with E-state index in [4.69, 9.17) is 22.4 Å². The molecule has 0 saturated heterocycles. The van der Waals surface area contributed by atoms with Gasteiger partial charge in [-0.25, -0.2) is 4.79 Å². The average Bonchev–Trinajstić information content (AvgIpc) is 2.02. The van der Waals surface area contributed by atoms with Crippen molar-refractivity contribution in [3.05, 3.63) is 22.7 Å². The molecule has 0 radical (unpaired) electrons. The molecule has 1 aromatic rings. The number of nitrogen functional groups attached to an aromatic ring is 1. The van der Waals surface area contributed by atoms with E-state index in [2.05, 4.69) is 5.32 Å². The molecule has 0 atom stereocenters. The van der Waals surface area contributed by atoms with Gasteiger partial charge in [0.2, 0.25) is 0 Å². The number of hydrogen-bond acceptors (Lipinski definition) is 3. The van der Waals surface area contributed by atoms with Gasteiger partial charge in [-0.1, -0.05) is 11.6 Å². The molecule has 0 aliphatic rings. The Morgan fingerprint density at radius 3 is 2.69 bits per heavy atom. The third kappa shape index (κ3) is 1.84. The lowest BCUT2D eigenvalue weighted by atomic mass is 10.1. The van der Waals surface area contributed by atoms with E-state index in [-0.39, 0.29) is 5.56 Å². The van der Waals surface area contributed by atoms with Crippen LogP contribution in [0.3, 0.4) is 0 Å². The van der Waals surface area contributed by atoms with Gasteiger partial charge in [-0.15, -0.1) is 0 Å². The molecule has 70 valence electrons. The molecule has 0 amide bonds. The van der Waals surface area contributed by atoms with Gasteiger partial charge in [0.05, 0.1) is 16.3 Å². The van der Waals surface area contributed by atoms with Crippen molar-refractivity contribution in [3.63, 3.8) is 0 Å². The van der Waals surface area contributed by atoms with E-state index >= 15 is 0 Å². The van der Waals surface area contributed by atoms with E-state index in [0.717, 1.165) is 0 Å². The van der Waals surface area contributed by atoms with Crippen LogP contribution in [0.25, 0.3) is 0 Å². The first kappa shape index (κ1) is 9.67. The van der Waals surface area contributed by atoms with Crippen LogP contribution in [-0.4, -0.2) is 18.1 Å². The molecule has 4 nitrogen and oxygen atoms in total. The van der Waals surface area contributed by atoms with E-state index in [1.54, 1.807) is 7.05 Å². The van der Waals surface area contributed by atoms with Crippen LogP contribution in [0.5, 0.6) is 0 Å². The molecule has 5 heteroatoms. The average molecular weight is 201 g/mol. The van der Waals surface area contributed by atoms with Crippen molar-refractivity contribution in [3.8, 4) is 0 Å². The van der Waals surface area contributed by atoms with Gasteiger partial charge in [-0.05, 0) is 12.1 Å². The van der Waals surface area contributed by atoms with Gasteiger partial charge in [0, 0.05) is 12.7 Å². The largest absolute Gasteiger partial charge is 0.478 e. The summed E-state index contributed by atoms with van der Waals surface area (Å²) in [5, 5.41) is 11.8. The summed E-state index contributed by atoms with van der Waals surface area (Å²) in [7, 11) is 1.60. The number of carboxylic acids is 1. The summed E-state index contributed by atoms with van der Waals surface area (Å²) < 4.78 is 0. The number of anilines is 2. The number of carbonyl (C=O) groups is 1. The molecule has 0 aliphatic heterocycles. The van der Waals surface area contributed by atoms with Gasteiger partial charge >= 0.3 is 5.97 Å². The Hall–Kier alpha value is -1.42. The van der Waals surface area contributed by atoms with E-state index in [9.17, 15) is 4.79 Å². The van der Waals surface area contributed by atoms with Gasteiger partial charge in [-0.2, -0.15) is 0 Å². The van der Waals surface area contributed by atoms with E-state index in [1.807, 2.05) is 0 Å². The predicted molar refractivity (Wildman–Crippen MR) is 52.4 cm³/mol. The Labute approximate surface area is 80.3 Å². The van der Waals surface area contributed by atoms with Crippen LogP contribution in [-0.2, 0) is 0 Å². The summed E-state index contributed by atoms with van der Waals surface area (Å²) in [4.78, 5) is 10.7. The number of halogens is 1. The molecule has 0 heterocycles. The van der Waals surface area contributed by atoms with Gasteiger partial charge in [-0.3, -0.25) is 0 Å². The van der Waals surface area contributed by atoms with E-state index < -0.39 is 5.97 Å². The van der Waals surface area contributed by atoms with Crippen LogP contribution in [0, 0.1) is 0 Å². The summed E-state index contributed by atoms with van der Waals surface area (Å²) in [5.41, 5.74) is 6.23. The molecule has 0 bridgehead atoms. The van der Waals surface area contributed by atoms with Crippen molar-refractivity contribution in [2.24, 2.45) is 0 Å². The number of hydrogen-bond donors (Lipinski definition) is 3. The monoisotopic (exact) mass is 200 g/mol. The van der Waals surface area contributed by atoms with Crippen molar-refractivity contribution in [1.29, 1.82) is 0 Å². The number of nitrogens with two attached hydrogens (primary N) is 1. The fourth-order valence-electron chi connectivity index (χ4n) is 1.05. The maximum absolute atomic E-state index is 10.7. The van der Waals surface area contributed by atoms with Crippen molar-refractivity contribution in [2.45, 2.75) is 0 Å². The molecule has 0 spiro atoms. The van der Waals surface area contributed by atoms with Gasteiger partial charge < -0.3 is 16.2 Å². The smallest absolute Gasteiger partial charge is 0.337 e. The minimum Gasteiger partial charge on any atom is -0.478 e. The molecule has 0 saturated carbocycles. The van der Waals surface area contributed by atoms with Crippen LogP contribution in [0.1, 0.15) is 10.4 Å². The second kappa shape index (κ2) is 3.53. The van der Waals surface area contributed by atoms with Crippen molar-refractivity contribution in [2.75, 3.05) is 18.1 Å². The number of carboxylic acid groups (broad SMARTS) is 1. The molecule has 0 aromatic heterocycles. The minimum atomic E-state index is -1.06. The Balaban J connectivity index is 3.38. The Morgan fingerprint density at radius 2 is 2.23 bits per heavy atom. The first-order valence-electron chi connectivity index (χ1n) is 3.56. The van der Waals surface area contributed by atoms with Crippen molar-refractivity contribution < 1.29 is 9.90 Å². The van der Waals surface area contributed by atoms with Crippen LogP contribution in [0.15, 0.2) is 12.1 Å². The molecule has 0 aliphatic carbocycles. The lowest BCUT2D eigenvalue weighted by molar-refractivity contribution is 0.0698. The van der Waals surface area contributed by atoms with Crippen LogP contribution in [0.2, 0.25) is 5.02 Å². The second-order valence-electron chi connectivity index (χ2n) is 2.48. The molecular formula is C8H9ClN2O2. The van der Waals surface area contributed by atoms with Gasteiger partial charge in [0.25, 0.3) is 0 Å². The lowest BCUT2D eigenvalue weighted by Crippen LogP contribution is -2.04. The SMILES string of the molecule is CNc1c(Cl)cc(N)cc1C(=O)O. The molecule has 1 aromatic carbocycles. The molecule has 13 heavy (non-hydrogen) atoms. The molecular weight excluding hydrogens is 192 g/mol. The number of benzene rings is 1. The molecule has 0 fully saturated rings. The van der Waals surface area contributed by atoms with Crippen molar-refractivity contribution >= 4 is 28.9 Å². The highest BCUT2D eigenvalue weighted by Crippen LogP contribution is 2.28. The topological polar surface area (TPSA) is 75.3 Å². The first-order chi connectivity index (χ1) is 6.06. The highest BCUT2D eigenvalue weighted by molar-refractivity contribution is 6.34. The molecule has 4 N–H and O–H groups in total. The normalized spacial score (nSPS) is 9.69. The van der Waals surface area contributed by atoms with Gasteiger partial charge in [0.1, 0.15) is 0 Å². The minimum absolute atomic E-state index is 0.0764. The zero-order chi connectivity index (χ0) is 10.0. The summed E-state index contributed by atoms with van der Waals surface area (Å²) in [6.45, 7) is 0. The standard InChI is InChI=1S/C8H9ClN2O2/c1-11-7-5(8(12)13)2-4(10)3-6(7)9/h2-3,11H,10H2,1H3,(H,12,13). The van der Waals surface area contributed by atoms with Crippen LogP contribution >= 0.6 is 11.6 Å². The molecule has 1 rings (SSSR count). The van der Waals surface area contributed by atoms with E-state index in [0.29, 0.717) is 16.4 Å². The Kier molecular flexibility index (Phi) is 2.63. The zero-order valence-corrected chi connectivity index (χ0v) is 7.72. The fraction of sp³-hybridized carbons (Fsp3) is 0.125. The maximum Gasteiger partial charge on any atom is 0.337 e. The first-order valence-corrected chi connectivity index (χ1v) is 3.94. The summed E-state index contributed by atoms with van der Waals surface area (Å²) in [5.74, 6) is -1.06. The Bertz CT molecular complexity index is 352. The highest BCUT2D eigenvalue weighted by atomic mass is 35.5. The summed E-state index contributed by atoms with van der Waals surface area (Å²) >= 11 is 5.77. The third-order valence-corrected chi connectivity index (χ3v) is 1.89. The van der Waals surface area contributed by atoms with Gasteiger partial charge in [0.15, 0.2) is 0 Å². The fourth-order valence-corrected chi connectivity index (χ4v) is 1.37. The lowest BCUT2D eigenvalue weighted by Gasteiger charge is -2.08. The molecule has 0 unspecified atom stereocenters. The highest BCUT2D eigenvalue weighted by Gasteiger charge is 2.12. The summed E-state index contributed by atoms with van der Waals surface area (Å²) in [6.07, 6.45) is 0. The van der Waals surface area contributed by atoms with Crippen LogP contribution < -0.4 is 11.1 Å². The number of rotatable bonds is 2. The van der Waals surface area contributed by atoms with Crippen molar-refractivity contribution in [1.82, 2.24) is 0 Å². The zero-order valence-electron chi connectivity index (χ0n) is 6.97. The third-order valence-electron chi connectivity index (χ3n) is 1.59. The van der Waals surface area contributed by atoms with Crippen LogP contribution in [0.4, 0.5) is 11.4 Å². The predicted octanol–water partition coefficient (Wildman–Crippen LogP) is 1.66. The second-order valence-corrected chi connectivity index (χ2v) is 2.89.